The Bertz CT molecular complexity index is 906. The van der Waals surface area contributed by atoms with Crippen LogP contribution in [0, 0.1) is 0 Å². The Kier molecular flexibility index (Phi) is 6.49. The Balaban J connectivity index is 1.68. The van der Waals surface area contributed by atoms with E-state index < -0.39 is 10.0 Å². The second-order valence-corrected chi connectivity index (χ2v) is 9.09. The van der Waals surface area contributed by atoms with Crippen molar-refractivity contribution < 1.29 is 13.2 Å². The summed E-state index contributed by atoms with van der Waals surface area (Å²) in [5.74, 6) is -0.114. The molecule has 0 bridgehead atoms. The molecule has 1 aliphatic rings. The van der Waals surface area contributed by atoms with E-state index in [1.807, 2.05) is 35.2 Å². The maximum Gasteiger partial charge on any atom is 0.253 e. The Labute approximate surface area is 167 Å². The molecule has 1 fully saturated rings. The molecule has 1 amide bonds. The van der Waals surface area contributed by atoms with Crippen molar-refractivity contribution in [2.24, 2.45) is 0 Å². The van der Waals surface area contributed by atoms with Gasteiger partial charge in [0, 0.05) is 31.2 Å². The van der Waals surface area contributed by atoms with Gasteiger partial charge in [-0.2, -0.15) is 0 Å². The Morgan fingerprint density at radius 3 is 2.39 bits per heavy atom. The summed E-state index contributed by atoms with van der Waals surface area (Å²) in [6.07, 6.45) is 1.85. The lowest BCUT2D eigenvalue weighted by molar-refractivity contribution is 0.0663. The number of carbonyl (C=O) groups is 1. The summed E-state index contributed by atoms with van der Waals surface area (Å²) in [6, 6.07) is 16.1. The van der Waals surface area contributed by atoms with Gasteiger partial charge in [0.05, 0.1) is 4.90 Å². The van der Waals surface area contributed by atoms with Crippen molar-refractivity contribution in [2.45, 2.75) is 30.3 Å². The van der Waals surface area contributed by atoms with Crippen LogP contribution in [0.3, 0.4) is 0 Å². The predicted octanol–water partition coefficient (Wildman–Crippen LogP) is 2.33. The molecular formula is C21H27N3O3S. The van der Waals surface area contributed by atoms with Crippen LogP contribution >= 0.6 is 0 Å². The third kappa shape index (κ3) is 4.98. The van der Waals surface area contributed by atoms with Gasteiger partial charge < -0.3 is 9.80 Å². The summed E-state index contributed by atoms with van der Waals surface area (Å²) in [5, 5.41) is 0. The average molecular weight is 402 g/mol. The molecule has 28 heavy (non-hydrogen) atoms. The fourth-order valence-corrected chi connectivity index (χ4v) is 4.48. The highest BCUT2D eigenvalue weighted by Gasteiger charge is 2.25. The summed E-state index contributed by atoms with van der Waals surface area (Å²) in [6.45, 7) is 1.58. The maximum atomic E-state index is 12.8. The van der Waals surface area contributed by atoms with Crippen LogP contribution in [-0.4, -0.2) is 57.4 Å². The summed E-state index contributed by atoms with van der Waals surface area (Å²) < 4.78 is 27.9. The standard InChI is InChI=1S/C21H27N3O3S/c1-23(2)19-11-13-24(14-12-19)21(25)18-9-6-10-20(15-18)28(26,27)22-16-17-7-4-3-5-8-17/h3-10,15,19,22H,11-14,16H2,1-2H3. The molecule has 2 aromatic carbocycles. The molecule has 2 aromatic rings. The van der Waals surface area contributed by atoms with Gasteiger partial charge in [-0.1, -0.05) is 36.4 Å². The first-order valence-corrected chi connectivity index (χ1v) is 10.9. The Hall–Kier alpha value is -2.22. The highest BCUT2D eigenvalue weighted by atomic mass is 32.2. The number of hydrogen-bond acceptors (Lipinski definition) is 4. The summed E-state index contributed by atoms with van der Waals surface area (Å²) in [7, 11) is 0.416. The van der Waals surface area contributed by atoms with Crippen LogP contribution < -0.4 is 4.72 Å². The lowest BCUT2D eigenvalue weighted by Gasteiger charge is -2.35. The molecule has 3 rings (SSSR count). The first kappa shape index (κ1) is 20.5. The van der Waals surface area contributed by atoms with Crippen molar-refractivity contribution in [3.8, 4) is 0 Å². The van der Waals surface area contributed by atoms with Crippen LogP contribution in [0.5, 0.6) is 0 Å². The maximum absolute atomic E-state index is 12.8. The van der Waals surface area contributed by atoms with E-state index in [-0.39, 0.29) is 17.3 Å². The summed E-state index contributed by atoms with van der Waals surface area (Å²) in [5.41, 5.74) is 1.29. The van der Waals surface area contributed by atoms with Crippen molar-refractivity contribution in [1.29, 1.82) is 0 Å². The second-order valence-electron chi connectivity index (χ2n) is 7.32. The minimum Gasteiger partial charge on any atom is -0.339 e. The van der Waals surface area contributed by atoms with Crippen LogP contribution in [0.15, 0.2) is 59.5 Å². The zero-order valence-corrected chi connectivity index (χ0v) is 17.2. The fourth-order valence-electron chi connectivity index (χ4n) is 3.42. The van der Waals surface area contributed by atoms with E-state index >= 15 is 0 Å². The van der Waals surface area contributed by atoms with Gasteiger partial charge in [0.15, 0.2) is 0 Å². The highest BCUT2D eigenvalue weighted by molar-refractivity contribution is 7.89. The molecule has 150 valence electrons. The van der Waals surface area contributed by atoms with Gasteiger partial charge in [-0.05, 0) is 50.7 Å². The number of sulfonamides is 1. The van der Waals surface area contributed by atoms with Gasteiger partial charge in [-0.25, -0.2) is 13.1 Å². The Morgan fingerprint density at radius 2 is 1.75 bits per heavy atom. The zero-order valence-electron chi connectivity index (χ0n) is 16.3. The van der Waals surface area contributed by atoms with Gasteiger partial charge >= 0.3 is 0 Å². The molecule has 0 saturated carbocycles. The van der Waals surface area contributed by atoms with Crippen molar-refractivity contribution >= 4 is 15.9 Å². The predicted molar refractivity (Wildman–Crippen MR) is 110 cm³/mol. The Morgan fingerprint density at radius 1 is 1.07 bits per heavy atom. The lowest BCUT2D eigenvalue weighted by atomic mass is 10.0. The summed E-state index contributed by atoms with van der Waals surface area (Å²) >= 11 is 0. The molecular weight excluding hydrogens is 374 g/mol. The normalized spacial score (nSPS) is 15.8. The number of piperidine rings is 1. The van der Waals surface area contributed by atoms with Gasteiger partial charge in [0.2, 0.25) is 10.0 Å². The van der Waals surface area contributed by atoms with Gasteiger partial charge in [-0.15, -0.1) is 0 Å². The van der Waals surface area contributed by atoms with Crippen LogP contribution in [0.1, 0.15) is 28.8 Å². The highest BCUT2D eigenvalue weighted by Crippen LogP contribution is 2.19. The molecule has 0 radical (unpaired) electrons. The number of amides is 1. The SMILES string of the molecule is CN(C)C1CCN(C(=O)c2cccc(S(=O)(=O)NCc3ccccc3)c2)CC1. The number of benzene rings is 2. The number of nitrogens with one attached hydrogen (secondary N) is 1. The number of carbonyl (C=O) groups excluding carboxylic acids is 1. The van der Waals surface area contributed by atoms with Crippen molar-refractivity contribution in [3.63, 3.8) is 0 Å². The minimum absolute atomic E-state index is 0.109. The number of hydrogen-bond donors (Lipinski definition) is 1. The molecule has 1 aliphatic heterocycles. The van der Waals surface area contributed by atoms with Crippen molar-refractivity contribution in [1.82, 2.24) is 14.5 Å². The monoisotopic (exact) mass is 401 g/mol. The topological polar surface area (TPSA) is 69.7 Å². The third-order valence-corrected chi connectivity index (χ3v) is 6.58. The quantitative estimate of drug-likeness (QED) is 0.807. The molecule has 0 spiro atoms. The third-order valence-electron chi connectivity index (χ3n) is 5.18. The zero-order chi connectivity index (χ0) is 20.1. The van der Waals surface area contributed by atoms with Crippen molar-refractivity contribution in [3.05, 3.63) is 65.7 Å². The molecule has 1 heterocycles. The fraction of sp³-hybridized carbons (Fsp3) is 0.381. The molecule has 0 aromatic heterocycles. The molecule has 7 heteroatoms. The molecule has 1 saturated heterocycles. The van der Waals surface area contributed by atoms with Gasteiger partial charge in [-0.3, -0.25) is 4.79 Å². The first-order chi connectivity index (χ1) is 13.4. The van der Waals surface area contributed by atoms with E-state index in [2.05, 4.69) is 23.7 Å². The molecule has 0 aliphatic carbocycles. The van der Waals surface area contributed by atoms with Crippen LogP contribution in [0.2, 0.25) is 0 Å². The van der Waals surface area contributed by atoms with Crippen molar-refractivity contribution in [2.75, 3.05) is 27.2 Å². The smallest absolute Gasteiger partial charge is 0.253 e. The van der Waals surface area contributed by atoms with Gasteiger partial charge in [0.1, 0.15) is 0 Å². The van der Waals surface area contributed by atoms with Crippen LogP contribution in [0.25, 0.3) is 0 Å². The molecule has 0 unspecified atom stereocenters. The van der Waals surface area contributed by atoms with E-state index in [9.17, 15) is 13.2 Å². The van der Waals surface area contributed by atoms with E-state index in [4.69, 9.17) is 0 Å². The molecule has 0 atom stereocenters. The number of rotatable bonds is 6. The van der Waals surface area contributed by atoms with E-state index in [0.717, 1.165) is 18.4 Å². The van der Waals surface area contributed by atoms with Crippen LogP contribution in [-0.2, 0) is 16.6 Å². The van der Waals surface area contributed by atoms with E-state index in [1.165, 1.54) is 12.1 Å². The van der Waals surface area contributed by atoms with E-state index in [0.29, 0.717) is 24.7 Å². The summed E-state index contributed by atoms with van der Waals surface area (Å²) in [4.78, 5) is 16.9. The van der Waals surface area contributed by atoms with Gasteiger partial charge in [0.25, 0.3) is 5.91 Å². The number of likely N-dealkylation sites (tertiary alicyclic amines) is 1. The molecule has 6 nitrogen and oxygen atoms in total. The second kappa shape index (κ2) is 8.86. The average Bonchev–Trinajstić information content (AvgIpc) is 2.73. The van der Waals surface area contributed by atoms with Crippen LogP contribution in [0.4, 0.5) is 0 Å². The first-order valence-electron chi connectivity index (χ1n) is 9.46. The lowest BCUT2D eigenvalue weighted by Crippen LogP contribution is -2.44. The molecule has 1 N–H and O–H groups in total. The number of nitrogens with zero attached hydrogens (tertiary/aromatic N) is 2. The minimum atomic E-state index is -3.69. The van der Waals surface area contributed by atoms with E-state index in [1.54, 1.807) is 12.1 Å². The largest absolute Gasteiger partial charge is 0.339 e.